The Kier molecular flexibility index (Phi) is 3.89. The van der Waals surface area contributed by atoms with Gasteiger partial charge in [0.1, 0.15) is 5.82 Å². The third-order valence-corrected chi connectivity index (χ3v) is 4.25. The molecule has 5 heteroatoms. The Morgan fingerprint density at radius 1 is 1.10 bits per heavy atom. The molecule has 20 heavy (non-hydrogen) atoms. The Morgan fingerprint density at radius 3 is 2.55 bits per heavy atom. The standard InChI is InChI=1S/C15H11Br2ClN2/c1-9(18)15-19-13-6-5-11(17)8-14(13)20(15)12-4-2-3-10(16)7-12/h2-9H,1H3. The van der Waals surface area contributed by atoms with Gasteiger partial charge in [0.25, 0.3) is 0 Å². The molecule has 1 unspecified atom stereocenters. The van der Waals surface area contributed by atoms with Crippen LogP contribution in [-0.4, -0.2) is 9.55 Å². The van der Waals surface area contributed by atoms with Gasteiger partial charge in [0, 0.05) is 14.6 Å². The third-order valence-electron chi connectivity index (χ3n) is 3.06. The third kappa shape index (κ3) is 2.52. The fourth-order valence-corrected chi connectivity index (χ4v) is 3.10. The molecule has 0 bridgehead atoms. The molecule has 1 heterocycles. The Morgan fingerprint density at radius 2 is 1.85 bits per heavy atom. The van der Waals surface area contributed by atoms with Gasteiger partial charge in [-0.1, -0.05) is 37.9 Å². The summed E-state index contributed by atoms with van der Waals surface area (Å²) in [6.45, 7) is 1.94. The summed E-state index contributed by atoms with van der Waals surface area (Å²) in [5, 5.41) is -0.167. The van der Waals surface area contributed by atoms with Gasteiger partial charge in [-0.15, -0.1) is 11.6 Å². The monoisotopic (exact) mass is 412 g/mol. The smallest absolute Gasteiger partial charge is 0.132 e. The molecular weight excluding hydrogens is 403 g/mol. The van der Waals surface area contributed by atoms with Gasteiger partial charge in [0.2, 0.25) is 0 Å². The van der Waals surface area contributed by atoms with Crippen LogP contribution in [0.25, 0.3) is 16.7 Å². The topological polar surface area (TPSA) is 17.8 Å². The molecule has 2 aromatic carbocycles. The van der Waals surface area contributed by atoms with E-state index in [1.165, 1.54) is 0 Å². The lowest BCUT2D eigenvalue weighted by atomic mass is 10.2. The number of hydrogen-bond donors (Lipinski definition) is 0. The molecule has 3 rings (SSSR count). The molecule has 0 amide bonds. The summed E-state index contributed by atoms with van der Waals surface area (Å²) in [5.41, 5.74) is 3.03. The molecule has 0 radical (unpaired) electrons. The number of halogens is 3. The summed E-state index contributed by atoms with van der Waals surface area (Å²) < 4.78 is 4.15. The van der Waals surface area contributed by atoms with Crippen LogP contribution in [-0.2, 0) is 0 Å². The maximum absolute atomic E-state index is 6.30. The summed E-state index contributed by atoms with van der Waals surface area (Å²) >= 11 is 13.3. The van der Waals surface area contributed by atoms with Gasteiger partial charge in [-0.05, 0) is 43.3 Å². The van der Waals surface area contributed by atoms with Crippen molar-refractivity contribution >= 4 is 54.5 Å². The van der Waals surface area contributed by atoms with Crippen molar-refractivity contribution in [1.82, 2.24) is 9.55 Å². The van der Waals surface area contributed by atoms with Gasteiger partial charge in [-0.2, -0.15) is 0 Å². The van der Waals surface area contributed by atoms with Crippen molar-refractivity contribution in [1.29, 1.82) is 0 Å². The van der Waals surface area contributed by atoms with E-state index in [-0.39, 0.29) is 5.38 Å². The molecular formula is C15H11Br2ClN2. The van der Waals surface area contributed by atoms with Gasteiger partial charge in [-0.25, -0.2) is 4.98 Å². The minimum absolute atomic E-state index is 0.167. The van der Waals surface area contributed by atoms with Crippen LogP contribution in [0.2, 0.25) is 0 Å². The van der Waals surface area contributed by atoms with Crippen LogP contribution in [0.4, 0.5) is 0 Å². The Hall–Kier alpha value is -0.840. The summed E-state index contributed by atoms with van der Waals surface area (Å²) in [6.07, 6.45) is 0. The second kappa shape index (κ2) is 5.51. The van der Waals surface area contributed by atoms with E-state index < -0.39 is 0 Å². The van der Waals surface area contributed by atoms with Crippen LogP contribution >= 0.6 is 43.5 Å². The van der Waals surface area contributed by atoms with Crippen molar-refractivity contribution in [3.8, 4) is 5.69 Å². The van der Waals surface area contributed by atoms with E-state index in [4.69, 9.17) is 11.6 Å². The Bertz CT molecular complexity index is 781. The van der Waals surface area contributed by atoms with Gasteiger partial charge >= 0.3 is 0 Å². The Balaban J connectivity index is 2.36. The first-order valence-electron chi connectivity index (χ1n) is 6.14. The van der Waals surface area contributed by atoms with Crippen molar-refractivity contribution in [3.05, 3.63) is 57.2 Å². The average Bonchev–Trinajstić information content (AvgIpc) is 2.77. The van der Waals surface area contributed by atoms with Crippen molar-refractivity contribution < 1.29 is 0 Å². The fourth-order valence-electron chi connectivity index (χ4n) is 2.22. The lowest BCUT2D eigenvalue weighted by molar-refractivity contribution is 0.882. The number of alkyl halides is 1. The fraction of sp³-hybridized carbons (Fsp3) is 0.133. The normalized spacial score (nSPS) is 12.8. The zero-order valence-electron chi connectivity index (χ0n) is 10.6. The molecule has 102 valence electrons. The molecule has 0 spiro atoms. The molecule has 1 aromatic heterocycles. The lowest BCUT2D eigenvalue weighted by Gasteiger charge is -2.11. The van der Waals surface area contributed by atoms with Gasteiger partial charge in [-0.3, -0.25) is 4.57 Å². The molecule has 0 fully saturated rings. The minimum Gasteiger partial charge on any atom is -0.295 e. The predicted octanol–water partition coefficient (Wildman–Crippen LogP) is 5.85. The van der Waals surface area contributed by atoms with Crippen molar-refractivity contribution in [2.75, 3.05) is 0 Å². The van der Waals surface area contributed by atoms with Crippen LogP contribution in [0.1, 0.15) is 18.1 Å². The molecule has 0 aliphatic carbocycles. The van der Waals surface area contributed by atoms with Crippen LogP contribution in [0, 0.1) is 0 Å². The SMILES string of the molecule is CC(Cl)c1nc2ccc(Br)cc2n1-c1cccc(Br)c1. The van der Waals surface area contributed by atoms with E-state index in [2.05, 4.69) is 59.6 Å². The molecule has 3 aromatic rings. The first-order valence-corrected chi connectivity index (χ1v) is 8.16. The van der Waals surface area contributed by atoms with Gasteiger partial charge in [0.05, 0.1) is 16.4 Å². The second-order valence-electron chi connectivity index (χ2n) is 4.53. The first kappa shape index (κ1) is 14.1. The van der Waals surface area contributed by atoms with Crippen LogP contribution in [0.15, 0.2) is 51.4 Å². The average molecular weight is 415 g/mol. The zero-order chi connectivity index (χ0) is 14.3. The number of nitrogens with zero attached hydrogens (tertiary/aromatic N) is 2. The summed E-state index contributed by atoms with van der Waals surface area (Å²) in [5.74, 6) is 0.845. The van der Waals surface area contributed by atoms with Crippen LogP contribution in [0.5, 0.6) is 0 Å². The highest BCUT2D eigenvalue weighted by Crippen LogP contribution is 2.30. The zero-order valence-corrected chi connectivity index (χ0v) is 14.6. The van der Waals surface area contributed by atoms with E-state index in [1.54, 1.807) is 0 Å². The molecule has 2 nitrogen and oxygen atoms in total. The highest BCUT2D eigenvalue weighted by Gasteiger charge is 2.16. The number of imidazole rings is 1. The quantitative estimate of drug-likeness (QED) is 0.481. The van der Waals surface area contributed by atoms with Gasteiger partial charge in [0.15, 0.2) is 0 Å². The van der Waals surface area contributed by atoms with E-state index in [9.17, 15) is 0 Å². The minimum atomic E-state index is -0.167. The van der Waals surface area contributed by atoms with Crippen LogP contribution < -0.4 is 0 Å². The number of hydrogen-bond acceptors (Lipinski definition) is 1. The molecule has 0 aliphatic heterocycles. The second-order valence-corrected chi connectivity index (χ2v) is 7.02. The molecule has 0 aliphatic rings. The molecule has 1 atom stereocenters. The summed E-state index contributed by atoms with van der Waals surface area (Å²) in [6, 6.07) is 14.2. The van der Waals surface area contributed by atoms with E-state index in [1.807, 2.05) is 31.2 Å². The number of benzene rings is 2. The largest absolute Gasteiger partial charge is 0.295 e. The first-order chi connectivity index (χ1) is 9.56. The van der Waals surface area contributed by atoms with E-state index in [0.717, 1.165) is 31.5 Å². The predicted molar refractivity (Wildman–Crippen MR) is 90.7 cm³/mol. The number of fused-ring (bicyclic) bond motifs is 1. The summed E-state index contributed by atoms with van der Waals surface area (Å²) in [4.78, 5) is 4.65. The van der Waals surface area contributed by atoms with E-state index in [0.29, 0.717) is 0 Å². The maximum Gasteiger partial charge on any atom is 0.132 e. The van der Waals surface area contributed by atoms with E-state index >= 15 is 0 Å². The van der Waals surface area contributed by atoms with Gasteiger partial charge < -0.3 is 0 Å². The van der Waals surface area contributed by atoms with Crippen LogP contribution in [0.3, 0.4) is 0 Å². The highest BCUT2D eigenvalue weighted by atomic mass is 79.9. The summed E-state index contributed by atoms with van der Waals surface area (Å²) in [7, 11) is 0. The molecule has 0 N–H and O–H groups in total. The number of aromatic nitrogens is 2. The van der Waals surface area contributed by atoms with Crippen molar-refractivity contribution in [2.24, 2.45) is 0 Å². The maximum atomic E-state index is 6.30. The van der Waals surface area contributed by atoms with Crippen molar-refractivity contribution in [2.45, 2.75) is 12.3 Å². The Labute approximate surface area is 139 Å². The highest BCUT2D eigenvalue weighted by molar-refractivity contribution is 9.10. The number of rotatable bonds is 2. The molecule has 0 saturated carbocycles. The molecule has 0 saturated heterocycles. The lowest BCUT2D eigenvalue weighted by Crippen LogP contribution is -2.01. The van der Waals surface area contributed by atoms with Crippen molar-refractivity contribution in [3.63, 3.8) is 0 Å².